The van der Waals surface area contributed by atoms with Gasteiger partial charge in [-0.25, -0.2) is 0 Å². The van der Waals surface area contributed by atoms with Crippen LogP contribution in [0.25, 0.3) is 11.5 Å². The summed E-state index contributed by atoms with van der Waals surface area (Å²) in [5.41, 5.74) is 0.586. The van der Waals surface area contributed by atoms with Crippen LogP contribution in [0.2, 0.25) is 10.0 Å². The second-order valence-electron chi connectivity index (χ2n) is 6.29. The third-order valence-electron chi connectivity index (χ3n) is 4.55. The van der Waals surface area contributed by atoms with E-state index in [1.807, 2.05) is 12.1 Å². The van der Waals surface area contributed by atoms with Crippen molar-refractivity contribution in [3.63, 3.8) is 0 Å². The van der Waals surface area contributed by atoms with Crippen LogP contribution in [0.5, 0.6) is 0 Å². The molecule has 2 saturated heterocycles. The van der Waals surface area contributed by atoms with Gasteiger partial charge in [0.2, 0.25) is 0 Å². The van der Waals surface area contributed by atoms with Crippen molar-refractivity contribution in [1.29, 1.82) is 0 Å². The molecule has 1 aromatic heterocycles. The lowest BCUT2D eigenvalue weighted by molar-refractivity contribution is -0.0990. The summed E-state index contributed by atoms with van der Waals surface area (Å²) in [6.07, 6.45) is 1.04. The molecule has 0 aliphatic carbocycles. The van der Waals surface area contributed by atoms with Crippen LogP contribution in [0.15, 0.2) is 22.7 Å². The Bertz CT molecular complexity index is 731. The Morgan fingerprint density at radius 2 is 2.25 bits per heavy atom. The van der Waals surface area contributed by atoms with Crippen LogP contribution >= 0.6 is 23.2 Å². The summed E-state index contributed by atoms with van der Waals surface area (Å²) in [6, 6.07) is 5.36. The van der Waals surface area contributed by atoms with Gasteiger partial charge in [0, 0.05) is 19.6 Å². The molecule has 1 aromatic carbocycles. The molecule has 24 heavy (non-hydrogen) atoms. The van der Waals surface area contributed by atoms with E-state index < -0.39 is 0 Å². The van der Waals surface area contributed by atoms with E-state index >= 15 is 0 Å². The van der Waals surface area contributed by atoms with Crippen LogP contribution in [0, 0.1) is 0 Å². The van der Waals surface area contributed by atoms with Gasteiger partial charge in [0.05, 0.1) is 34.4 Å². The van der Waals surface area contributed by atoms with E-state index in [0.717, 1.165) is 39.2 Å². The lowest BCUT2D eigenvalue weighted by Crippen LogP contribution is -2.52. The van der Waals surface area contributed by atoms with Crippen molar-refractivity contribution < 1.29 is 9.26 Å². The number of benzene rings is 1. The number of ether oxygens (including phenoxy) is 1. The highest BCUT2D eigenvalue weighted by atomic mass is 35.5. The minimum absolute atomic E-state index is 0.0684. The maximum atomic E-state index is 6.22. The van der Waals surface area contributed by atoms with Crippen LogP contribution in [-0.4, -0.2) is 53.4 Å². The van der Waals surface area contributed by atoms with Gasteiger partial charge >= 0.3 is 0 Å². The zero-order valence-electron chi connectivity index (χ0n) is 13.1. The number of nitrogens with zero attached hydrogens (tertiary/aromatic N) is 3. The molecule has 0 saturated carbocycles. The molecule has 1 atom stereocenters. The Balaban J connectivity index is 1.48. The highest BCUT2D eigenvalue weighted by molar-refractivity contribution is 6.43. The molecule has 0 radical (unpaired) electrons. The first kappa shape index (κ1) is 16.3. The number of hydrogen-bond acceptors (Lipinski definition) is 6. The Morgan fingerprint density at radius 3 is 3.08 bits per heavy atom. The lowest BCUT2D eigenvalue weighted by atomic mass is 10.0. The molecule has 4 rings (SSSR count). The lowest BCUT2D eigenvalue weighted by Gasteiger charge is -2.39. The first-order valence-corrected chi connectivity index (χ1v) is 8.75. The topological polar surface area (TPSA) is 63.4 Å². The molecule has 0 amide bonds. The summed E-state index contributed by atoms with van der Waals surface area (Å²) in [4.78, 5) is 6.78. The predicted molar refractivity (Wildman–Crippen MR) is 91.2 cm³/mol. The smallest absolute Gasteiger partial charge is 0.259 e. The van der Waals surface area contributed by atoms with Gasteiger partial charge in [0.25, 0.3) is 5.89 Å². The van der Waals surface area contributed by atoms with E-state index in [1.54, 1.807) is 6.07 Å². The largest absolute Gasteiger partial charge is 0.371 e. The van der Waals surface area contributed by atoms with Gasteiger partial charge in [0.15, 0.2) is 5.82 Å². The average Bonchev–Trinajstić information content (AvgIpc) is 3.20. The highest BCUT2D eigenvalue weighted by Crippen LogP contribution is 2.32. The Morgan fingerprint density at radius 1 is 1.33 bits per heavy atom. The third-order valence-corrected chi connectivity index (χ3v) is 5.37. The van der Waals surface area contributed by atoms with Gasteiger partial charge in [-0.2, -0.15) is 4.98 Å². The predicted octanol–water partition coefficient (Wildman–Crippen LogP) is 2.61. The van der Waals surface area contributed by atoms with Crippen LogP contribution in [0.4, 0.5) is 0 Å². The summed E-state index contributed by atoms with van der Waals surface area (Å²) in [5, 5.41) is 8.36. The summed E-state index contributed by atoms with van der Waals surface area (Å²) in [7, 11) is 0. The molecule has 8 heteroatoms. The molecule has 6 nitrogen and oxygen atoms in total. The van der Waals surface area contributed by atoms with E-state index in [1.165, 1.54) is 0 Å². The maximum Gasteiger partial charge on any atom is 0.259 e. The first-order chi connectivity index (χ1) is 11.7. The number of rotatable bonds is 3. The number of nitrogens with one attached hydrogen (secondary N) is 1. The quantitative estimate of drug-likeness (QED) is 0.898. The molecule has 2 aliphatic heterocycles. The second-order valence-corrected chi connectivity index (χ2v) is 7.07. The SMILES string of the molecule is Clc1cccc(-c2nc(CN3CCOC4(CCNC4)C3)no2)c1Cl. The maximum absolute atomic E-state index is 6.22. The summed E-state index contributed by atoms with van der Waals surface area (Å²) >= 11 is 12.3. The fourth-order valence-corrected chi connectivity index (χ4v) is 3.72. The van der Waals surface area contributed by atoms with Gasteiger partial charge in [-0.3, -0.25) is 4.90 Å². The molecule has 2 fully saturated rings. The molecule has 1 N–H and O–H groups in total. The van der Waals surface area contributed by atoms with Crippen molar-refractivity contribution in [1.82, 2.24) is 20.4 Å². The minimum atomic E-state index is -0.0684. The fraction of sp³-hybridized carbons (Fsp3) is 0.500. The highest BCUT2D eigenvalue weighted by Gasteiger charge is 2.39. The number of morpholine rings is 1. The number of aromatic nitrogens is 2. The average molecular weight is 369 g/mol. The van der Waals surface area contributed by atoms with Crippen LogP contribution in [0.1, 0.15) is 12.2 Å². The molecule has 1 unspecified atom stereocenters. The Kier molecular flexibility index (Phi) is 4.49. The molecule has 2 aromatic rings. The molecule has 1 spiro atoms. The molecular weight excluding hydrogens is 351 g/mol. The molecule has 0 bridgehead atoms. The molecular formula is C16H18Cl2N4O2. The monoisotopic (exact) mass is 368 g/mol. The van der Waals surface area contributed by atoms with Crippen molar-refractivity contribution in [2.45, 2.75) is 18.6 Å². The van der Waals surface area contributed by atoms with Gasteiger partial charge in [-0.15, -0.1) is 0 Å². The molecule has 128 valence electrons. The van der Waals surface area contributed by atoms with E-state index in [4.69, 9.17) is 32.5 Å². The molecule has 3 heterocycles. The number of halogens is 2. The van der Waals surface area contributed by atoms with E-state index in [-0.39, 0.29) is 5.60 Å². The van der Waals surface area contributed by atoms with Gasteiger partial charge in [-0.1, -0.05) is 34.4 Å². The minimum Gasteiger partial charge on any atom is -0.371 e. The van der Waals surface area contributed by atoms with Crippen molar-refractivity contribution in [3.05, 3.63) is 34.1 Å². The van der Waals surface area contributed by atoms with Crippen molar-refractivity contribution >= 4 is 23.2 Å². The summed E-state index contributed by atoms with van der Waals surface area (Å²) in [6.45, 7) is 5.01. The standard InChI is InChI=1S/C16H18Cl2N4O2/c17-12-3-1-2-11(14(12)18)15-20-13(21-24-15)8-22-6-7-23-16(10-22)4-5-19-9-16/h1-3,19H,4-10H2. The van der Waals surface area contributed by atoms with Crippen LogP contribution < -0.4 is 5.32 Å². The van der Waals surface area contributed by atoms with Crippen molar-refractivity contribution in [3.8, 4) is 11.5 Å². The van der Waals surface area contributed by atoms with Gasteiger partial charge < -0.3 is 14.6 Å². The van der Waals surface area contributed by atoms with E-state index in [2.05, 4.69) is 20.4 Å². The number of hydrogen-bond donors (Lipinski definition) is 1. The van der Waals surface area contributed by atoms with Crippen LogP contribution in [-0.2, 0) is 11.3 Å². The van der Waals surface area contributed by atoms with Crippen LogP contribution in [0.3, 0.4) is 0 Å². The first-order valence-electron chi connectivity index (χ1n) is 7.99. The Labute approximate surface area is 150 Å². The zero-order chi connectivity index (χ0) is 16.6. The summed E-state index contributed by atoms with van der Waals surface area (Å²) < 4.78 is 11.4. The van der Waals surface area contributed by atoms with Gasteiger partial charge in [0.1, 0.15) is 0 Å². The molecule has 2 aliphatic rings. The zero-order valence-corrected chi connectivity index (χ0v) is 14.6. The normalized spacial score (nSPS) is 24.8. The second kappa shape index (κ2) is 6.61. The Hall–Kier alpha value is -1.18. The summed E-state index contributed by atoms with van der Waals surface area (Å²) in [5.74, 6) is 1.03. The third kappa shape index (κ3) is 3.17. The fourth-order valence-electron chi connectivity index (χ4n) is 3.33. The van der Waals surface area contributed by atoms with Gasteiger partial charge in [-0.05, 0) is 25.1 Å². The van der Waals surface area contributed by atoms with E-state index in [9.17, 15) is 0 Å². The van der Waals surface area contributed by atoms with Crippen molar-refractivity contribution in [2.24, 2.45) is 0 Å². The van der Waals surface area contributed by atoms with Crippen molar-refractivity contribution in [2.75, 3.05) is 32.8 Å². The van der Waals surface area contributed by atoms with E-state index in [0.29, 0.717) is 33.9 Å².